The van der Waals surface area contributed by atoms with E-state index in [0.29, 0.717) is 52.4 Å². The van der Waals surface area contributed by atoms with Gasteiger partial charge in [0.2, 0.25) is 5.91 Å². The number of nitrogens with two attached hydrogens (primary N) is 1. The molecule has 29 heavy (non-hydrogen) atoms. The third kappa shape index (κ3) is 5.71. The van der Waals surface area contributed by atoms with Crippen molar-refractivity contribution < 1.29 is 19.0 Å². The van der Waals surface area contributed by atoms with Gasteiger partial charge < -0.3 is 24.8 Å². The zero-order valence-corrected chi connectivity index (χ0v) is 17.0. The summed E-state index contributed by atoms with van der Waals surface area (Å²) in [5.41, 5.74) is 6.56. The molecule has 0 aliphatic carbocycles. The molecule has 0 radical (unpaired) electrons. The van der Waals surface area contributed by atoms with Crippen molar-refractivity contribution in [1.82, 2.24) is 4.90 Å². The van der Waals surface area contributed by atoms with Crippen molar-refractivity contribution in [3.8, 4) is 11.5 Å². The Morgan fingerprint density at radius 1 is 1.03 bits per heavy atom. The maximum Gasteiger partial charge on any atom is 0.230 e. The minimum Gasteiger partial charge on any atom is -0.492 e. The zero-order chi connectivity index (χ0) is 20.5. The van der Waals surface area contributed by atoms with Gasteiger partial charge in [-0.2, -0.15) is 0 Å². The van der Waals surface area contributed by atoms with Gasteiger partial charge in [-0.05, 0) is 42.7 Å². The van der Waals surface area contributed by atoms with Crippen molar-refractivity contribution in [2.24, 2.45) is 11.1 Å². The maximum absolute atomic E-state index is 12.8. The molecule has 156 valence electrons. The summed E-state index contributed by atoms with van der Waals surface area (Å²) in [4.78, 5) is 14.6. The smallest absolute Gasteiger partial charge is 0.230 e. The fraction of sp³-hybridized carbons (Fsp3) is 0.435. The molecule has 1 aliphatic heterocycles. The van der Waals surface area contributed by atoms with Gasteiger partial charge in [0.1, 0.15) is 24.7 Å². The predicted molar refractivity (Wildman–Crippen MR) is 112 cm³/mol. The Kier molecular flexibility index (Phi) is 7.49. The van der Waals surface area contributed by atoms with Crippen LogP contribution in [0.1, 0.15) is 18.4 Å². The number of likely N-dealkylation sites (N-methyl/N-ethyl adjacent to an activating group) is 1. The maximum atomic E-state index is 12.8. The molecule has 1 aliphatic rings. The molecule has 2 aromatic carbocycles. The van der Waals surface area contributed by atoms with E-state index in [1.165, 1.54) is 0 Å². The van der Waals surface area contributed by atoms with Crippen molar-refractivity contribution in [2.75, 3.05) is 40.0 Å². The highest BCUT2D eigenvalue weighted by Crippen LogP contribution is 2.31. The van der Waals surface area contributed by atoms with Gasteiger partial charge in [-0.3, -0.25) is 4.79 Å². The van der Waals surface area contributed by atoms with Gasteiger partial charge in [0.05, 0.1) is 12.0 Å². The summed E-state index contributed by atoms with van der Waals surface area (Å²) in [5.74, 6) is 1.62. The molecule has 0 atom stereocenters. The van der Waals surface area contributed by atoms with E-state index in [9.17, 15) is 4.79 Å². The molecule has 2 aromatic rings. The summed E-state index contributed by atoms with van der Waals surface area (Å²) in [6.45, 7) is 2.99. The van der Waals surface area contributed by atoms with Crippen LogP contribution in [0.25, 0.3) is 0 Å². The fourth-order valence-electron chi connectivity index (χ4n) is 3.45. The number of carbonyl (C=O) groups excluding carboxylic acids is 1. The Balaban J connectivity index is 1.43. The molecule has 1 saturated heterocycles. The van der Waals surface area contributed by atoms with Crippen molar-refractivity contribution in [3.63, 3.8) is 0 Å². The van der Waals surface area contributed by atoms with Gasteiger partial charge in [-0.25, -0.2) is 0 Å². The lowest BCUT2D eigenvalue weighted by Crippen LogP contribution is -2.50. The zero-order valence-electron chi connectivity index (χ0n) is 17.0. The SMILES string of the molecule is CN(CCOc1ccc(OCc2ccccc2)cc1)C(=O)C1(CN)CCOCC1. The molecule has 6 nitrogen and oxygen atoms in total. The summed E-state index contributed by atoms with van der Waals surface area (Å²) in [6.07, 6.45) is 1.36. The monoisotopic (exact) mass is 398 g/mol. The van der Waals surface area contributed by atoms with Crippen LogP contribution >= 0.6 is 0 Å². The Morgan fingerprint density at radius 3 is 2.28 bits per heavy atom. The molecule has 0 unspecified atom stereocenters. The number of hydrogen-bond acceptors (Lipinski definition) is 5. The lowest BCUT2D eigenvalue weighted by atomic mass is 9.79. The number of benzene rings is 2. The average Bonchev–Trinajstić information content (AvgIpc) is 2.79. The van der Waals surface area contributed by atoms with Crippen LogP contribution < -0.4 is 15.2 Å². The third-order valence-corrected chi connectivity index (χ3v) is 5.41. The van der Waals surface area contributed by atoms with Crippen LogP contribution in [0, 0.1) is 5.41 Å². The fourth-order valence-corrected chi connectivity index (χ4v) is 3.45. The van der Waals surface area contributed by atoms with Gasteiger partial charge in [-0.1, -0.05) is 30.3 Å². The van der Waals surface area contributed by atoms with Crippen LogP contribution in [0.4, 0.5) is 0 Å². The summed E-state index contributed by atoms with van der Waals surface area (Å²) < 4.78 is 17.0. The topological polar surface area (TPSA) is 74.0 Å². The van der Waals surface area contributed by atoms with Gasteiger partial charge in [0.25, 0.3) is 0 Å². The molecular formula is C23H30N2O4. The molecule has 0 saturated carbocycles. The minimum atomic E-state index is -0.495. The Labute approximate surface area is 172 Å². The molecule has 0 bridgehead atoms. The number of hydrogen-bond donors (Lipinski definition) is 1. The first-order valence-corrected chi connectivity index (χ1v) is 10.1. The molecule has 6 heteroatoms. The first kappa shape index (κ1) is 21.1. The predicted octanol–water partition coefficient (Wildman–Crippen LogP) is 2.86. The van der Waals surface area contributed by atoms with E-state index in [1.54, 1.807) is 11.9 Å². The van der Waals surface area contributed by atoms with Crippen molar-refractivity contribution in [2.45, 2.75) is 19.4 Å². The van der Waals surface area contributed by atoms with Crippen molar-refractivity contribution >= 4 is 5.91 Å². The molecule has 1 fully saturated rings. The normalized spacial score (nSPS) is 15.5. The average molecular weight is 399 g/mol. The second-order valence-corrected chi connectivity index (χ2v) is 7.42. The number of rotatable bonds is 9. The van der Waals surface area contributed by atoms with Gasteiger partial charge in [0, 0.05) is 26.8 Å². The van der Waals surface area contributed by atoms with Crippen LogP contribution in [0.2, 0.25) is 0 Å². The van der Waals surface area contributed by atoms with E-state index in [2.05, 4.69) is 0 Å². The van der Waals surface area contributed by atoms with Crippen LogP contribution in [0.5, 0.6) is 11.5 Å². The van der Waals surface area contributed by atoms with Gasteiger partial charge >= 0.3 is 0 Å². The largest absolute Gasteiger partial charge is 0.492 e. The number of amides is 1. The highest BCUT2D eigenvalue weighted by atomic mass is 16.5. The minimum absolute atomic E-state index is 0.0801. The second-order valence-electron chi connectivity index (χ2n) is 7.42. The van der Waals surface area contributed by atoms with E-state index < -0.39 is 5.41 Å². The van der Waals surface area contributed by atoms with Crippen molar-refractivity contribution in [3.05, 3.63) is 60.2 Å². The lowest BCUT2D eigenvalue weighted by Gasteiger charge is -2.37. The molecule has 2 N–H and O–H groups in total. The Hall–Kier alpha value is -2.57. The summed E-state index contributed by atoms with van der Waals surface area (Å²) in [6, 6.07) is 17.6. The summed E-state index contributed by atoms with van der Waals surface area (Å²) >= 11 is 0. The second kappa shape index (κ2) is 10.3. The molecule has 3 rings (SSSR count). The molecule has 0 aromatic heterocycles. The Morgan fingerprint density at radius 2 is 1.66 bits per heavy atom. The van der Waals surface area contributed by atoms with E-state index >= 15 is 0 Å². The van der Waals surface area contributed by atoms with E-state index in [0.717, 1.165) is 17.1 Å². The van der Waals surface area contributed by atoms with Crippen LogP contribution in [-0.2, 0) is 16.1 Å². The van der Waals surface area contributed by atoms with Crippen LogP contribution in [0.15, 0.2) is 54.6 Å². The van der Waals surface area contributed by atoms with Crippen molar-refractivity contribution in [1.29, 1.82) is 0 Å². The van der Waals surface area contributed by atoms with E-state index in [4.69, 9.17) is 19.9 Å². The number of nitrogens with zero attached hydrogens (tertiary/aromatic N) is 1. The molecular weight excluding hydrogens is 368 g/mol. The first-order valence-electron chi connectivity index (χ1n) is 10.1. The number of ether oxygens (including phenoxy) is 3. The van der Waals surface area contributed by atoms with Gasteiger partial charge in [-0.15, -0.1) is 0 Å². The summed E-state index contributed by atoms with van der Waals surface area (Å²) in [7, 11) is 1.80. The van der Waals surface area contributed by atoms with Crippen LogP contribution in [-0.4, -0.2) is 50.8 Å². The molecule has 1 heterocycles. The third-order valence-electron chi connectivity index (χ3n) is 5.41. The van der Waals surface area contributed by atoms with Crippen LogP contribution in [0.3, 0.4) is 0 Å². The standard InChI is InChI=1S/C23H30N2O4/c1-25(22(26)23(18-24)11-14-27-15-12-23)13-16-28-20-7-9-21(10-8-20)29-17-19-5-3-2-4-6-19/h2-10H,11-18,24H2,1H3. The quantitative estimate of drug-likeness (QED) is 0.703. The highest BCUT2D eigenvalue weighted by molar-refractivity contribution is 5.83. The lowest BCUT2D eigenvalue weighted by molar-refractivity contribution is -0.146. The van der Waals surface area contributed by atoms with E-state index in [-0.39, 0.29) is 5.91 Å². The molecule has 0 spiro atoms. The Bertz CT molecular complexity index is 758. The van der Waals surface area contributed by atoms with E-state index in [1.807, 2.05) is 54.6 Å². The summed E-state index contributed by atoms with van der Waals surface area (Å²) in [5, 5.41) is 0. The van der Waals surface area contributed by atoms with Gasteiger partial charge in [0.15, 0.2) is 0 Å². The number of carbonyl (C=O) groups is 1. The highest BCUT2D eigenvalue weighted by Gasteiger charge is 2.40. The first-order chi connectivity index (χ1) is 14.1. The molecule has 1 amide bonds.